The molecule has 4 heteroatoms. The molecule has 1 aliphatic heterocycles. The van der Waals surface area contributed by atoms with E-state index in [1.807, 2.05) is 36.0 Å². The maximum atomic E-state index is 11.2. The third kappa shape index (κ3) is 2.57. The second kappa shape index (κ2) is 5.45. The van der Waals surface area contributed by atoms with Crippen LogP contribution in [-0.4, -0.2) is 36.2 Å². The van der Waals surface area contributed by atoms with Gasteiger partial charge in [0.2, 0.25) is 0 Å². The molecule has 1 aromatic rings. The first-order chi connectivity index (χ1) is 8.24. The Balaban J connectivity index is 2.27. The Hall–Kier alpha value is -1.16. The summed E-state index contributed by atoms with van der Waals surface area (Å²) in [5.41, 5.74) is 2.06. The zero-order valence-corrected chi connectivity index (χ0v) is 10.7. The maximum absolute atomic E-state index is 11.2. The van der Waals surface area contributed by atoms with Crippen molar-refractivity contribution in [3.8, 4) is 0 Å². The number of fused-ring (bicyclic) bond motifs is 1. The largest absolute Gasteiger partial charge is 0.481 e. The lowest BCUT2D eigenvalue weighted by Crippen LogP contribution is -2.34. The molecule has 3 nitrogen and oxygen atoms in total. The molecule has 0 radical (unpaired) electrons. The number of carbonyl (C=O) groups is 1. The predicted octanol–water partition coefficient (Wildman–Crippen LogP) is 2.43. The van der Waals surface area contributed by atoms with Crippen LogP contribution in [0.2, 0.25) is 0 Å². The summed E-state index contributed by atoms with van der Waals surface area (Å²) >= 11 is 1.82. The molecule has 1 N–H and O–H groups in total. The molecule has 1 aliphatic rings. The van der Waals surface area contributed by atoms with Crippen LogP contribution < -0.4 is 4.90 Å². The van der Waals surface area contributed by atoms with Crippen molar-refractivity contribution in [3.63, 3.8) is 0 Å². The highest BCUT2D eigenvalue weighted by molar-refractivity contribution is 7.98. The summed E-state index contributed by atoms with van der Waals surface area (Å²) in [5.74, 6) is 0.0326. The predicted molar refractivity (Wildman–Crippen MR) is 72.0 cm³/mol. The molecule has 1 aromatic carbocycles. The van der Waals surface area contributed by atoms with E-state index in [0.29, 0.717) is 6.42 Å². The average molecular weight is 251 g/mol. The summed E-state index contributed by atoms with van der Waals surface area (Å²) in [6.45, 7) is 1.83. The van der Waals surface area contributed by atoms with Gasteiger partial charge in [-0.2, -0.15) is 11.8 Å². The van der Waals surface area contributed by atoms with Gasteiger partial charge in [0.25, 0.3) is 0 Å². The number of hydrogen-bond donors (Lipinski definition) is 1. The SMILES string of the molecule is CSCCN1CCC(C(=O)O)c2ccccc21. The molecule has 0 fully saturated rings. The molecular formula is C13H17NO2S. The van der Waals surface area contributed by atoms with E-state index < -0.39 is 5.97 Å². The fraction of sp³-hybridized carbons (Fsp3) is 0.462. The normalized spacial score (nSPS) is 18.9. The van der Waals surface area contributed by atoms with Gasteiger partial charge in [0.15, 0.2) is 0 Å². The Bertz CT molecular complexity index is 408. The molecule has 1 heterocycles. The summed E-state index contributed by atoms with van der Waals surface area (Å²) in [5, 5.41) is 9.22. The topological polar surface area (TPSA) is 40.5 Å². The number of hydrogen-bond acceptors (Lipinski definition) is 3. The minimum absolute atomic E-state index is 0.336. The lowest BCUT2D eigenvalue weighted by Gasteiger charge is -2.34. The quantitative estimate of drug-likeness (QED) is 0.892. The van der Waals surface area contributed by atoms with Crippen molar-refractivity contribution in [3.05, 3.63) is 29.8 Å². The van der Waals surface area contributed by atoms with Gasteiger partial charge in [0, 0.05) is 24.5 Å². The molecule has 0 amide bonds. The molecule has 0 aliphatic carbocycles. The van der Waals surface area contributed by atoms with Crippen LogP contribution in [0.3, 0.4) is 0 Å². The molecular weight excluding hydrogens is 234 g/mol. The average Bonchev–Trinajstić information content (AvgIpc) is 2.35. The lowest BCUT2D eigenvalue weighted by atomic mass is 9.90. The van der Waals surface area contributed by atoms with Crippen molar-refractivity contribution in [2.24, 2.45) is 0 Å². The highest BCUT2D eigenvalue weighted by Gasteiger charge is 2.29. The van der Waals surface area contributed by atoms with Crippen molar-refractivity contribution < 1.29 is 9.90 Å². The standard InChI is InChI=1S/C13H17NO2S/c1-17-9-8-14-7-6-11(13(15)16)10-4-2-3-5-12(10)14/h2-5,11H,6-9H2,1H3,(H,15,16). The van der Waals surface area contributed by atoms with Gasteiger partial charge in [0.1, 0.15) is 0 Å². The molecule has 0 saturated carbocycles. The summed E-state index contributed by atoms with van der Waals surface area (Å²) in [7, 11) is 0. The van der Waals surface area contributed by atoms with Gasteiger partial charge in [-0.15, -0.1) is 0 Å². The van der Waals surface area contributed by atoms with Crippen LogP contribution in [-0.2, 0) is 4.79 Å². The Kier molecular flexibility index (Phi) is 3.94. The summed E-state index contributed by atoms with van der Waals surface area (Å²) in [6, 6.07) is 7.88. The number of carboxylic acid groups (broad SMARTS) is 1. The number of aliphatic carboxylic acids is 1. The highest BCUT2D eigenvalue weighted by atomic mass is 32.2. The molecule has 0 aromatic heterocycles. The smallest absolute Gasteiger partial charge is 0.311 e. The second-order valence-electron chi connectivity index (χ2n) is 4.22. The zero-order valence-electron chi connectivity index (χ0n) is 9.93. The van der Waals surface area contributed by atoms with E-state index in [1.165, 1.54) is 0 Å². The fourth-order valence-corrected chi connectivity index (χ4v) is 2.72. The van der Waals surface area contributed by atoms with E-state index in [4.69, 9.17) is 0 Å². The first-order valence-corrected chi connectivity index (χ1v) is 7.19. The van der Waals surface area contributed by atoms with Gasteiger partial charge in [-0.05, 0) is 24.3 Å². The molecule has 0 saturated heterocycles. The first kappa shape index (κ1) is 12.3. The Morgan fingerprint density at radius 1 is 1.53 bits per heavy atom. The minimum Gasteiger partial charge on any atom is -0.481 e. The first-order valence-electron chi connectivity index (χ1n) is 5.79. The molecule has 1 atom stereocenters. The van der Waals surface area contributed by atoms with Crippen LogP contribution in [0.4, 0.5) is 5.69 Å². The van der Waals surface area contributed by atoms with Crippen molar-refractivity contribution in [2.45, 2.75) is 12.3 Å². The Labute approximate surface area is 106 Å². The van der Waals surface area contributed by atoms with Crippen molar-refractivity contribution in [2.75, 3.05) is 30.0 Å². The highest BCUT2D eigenvalue weighted by Crippen LogP contribution is 2.35. The maximum Gasteiger partial charge on any atom is 0.311 e. The minimum atomic E-state index is -0.707. The summed E-state index contributed by atoms with van der Waals surface area (Å²) in [4.78, 5) is 13.5. The van der Waals surface area contributed by atoms with E-state index in [2.05, 4.69) is 11.2 Å². The molecule has 0 bridgehead atoms. The molecule has 1 unspecified atom stereocenters. The van der Waals surface area contributed by atoms with Crippen molar-refractivity contribution >= 4 is 23.4 Å². The van der Waals surface area contributed by atoms with Crippen LogP contribution in [0.25, 0.3) is 0 Å². The van der Waals surface area contributed by atoms with Gasteiger partial charge in [-0.3, -0.25) is 4.79 Å². The van der Waals surface area contributed by atoms with Gasteiger partial charge in [-0.1, -0.05) is 18.2 Å². The second-order valence-corrected chi connectivity index (χ2v) is 5.20. The third-order valence-electron chi connectivity index (χ3n) is 3.20. The van der Waals surface area contributed by atoms with E-state index in [0.717, 1.165) is 30.1 Å². The Morgan fingerprint density at radius 3 is 3.00 bits per heavy atom. The molecule has 0 spiro atoms. The third-order valence-corrected chi connectivity index (χ3v) is 3.79. The number of carboxylic acids is 1. The number of para-hydroxylation sites is 1. The number of nitrogens with zero attached hydrogens (tertiary/aromatic N) is 1. The fourth-order valence-electron chi connectivity index (χ4n) is 2.32. The monoisotopic (exact) mass is 251 g/mol. The van der Waals surface area contributed by atoms with Crippen molar-refractivity contribution in [1.82, 2.24) is 0 Å². The number of thioether (sulfide) groups is 1. The molecule has 17 heavy (non-hydrogen) atoms. The number of anilines is 1. The summed E-state index contributed by atoms with van der Waals surface area (Å²) < 4.78 is 0. The number of benzene rings is 1. The van der Waals surface area contributed by atoms with E-state index >= 15 is 0 Å². The van der Waals surface area contributed by atoms with Crippen LogP contribution in [0.5, 0.6) is 0 Å². The summed E-state index contributed by atoms with van der Waals surface area (Å²) in [6.07, 6.45) is 2.80. The van der Waals surface area contributed by atoms with Crippen LogP contribution in [0.1, 0.15) is 17.9 Å². The van der Waals surface area contributed by atoms with Crippen LogP contribution >= 0.6 is 11.8 Å². The molecule has 2 rings (SSSR count). The van der Waals surface area contributed by atoms with Gasteiger partial charge >= 0.3 is 5.97 Å². The molecule has 92 valence electrons. The lowest BCUT2D eigenvalue weighted by molar-refractivity contribution is -0.139. The van der Waals surface area contributed by atoms with Crippen LogP contribution in [0.15, 0.2) is 24.3 Å². The van der Waals surface area contributed by atoms with E-state index in [-0.39, 0.29) is 5.92 Å². The Morgan fingerprint density at radius 2 is 2.29 bits per heavy atom. The van der Waals surface area contributed by atoms with Crippen molar-refractivity contribution in [1.29, 1.82) is 0 Å². The van der Waals surface area contributed by atoms with E-state index in [1.54, 1.807) is 0 Å². The zero-order chi connectivity index (χ0) is 12.3. The number of rotatable bonds is 4. The van der Waals surface area contributed by atoms with Gasteiger partial charge in [0.05, 0.1) is 5.92 Å². The van der Waals surface area contributed by atoms with Crippen LogP contribution in [0, 0.1) is 0 Å². The van der Waals surface area contributed by atoms with E-state index in [9.17, 15) is 9.90 Å². The van der Waals surface area contributed by atoms with Gasteiger partial charge < -0.3 is 10.0 Å². The van der Waals surface area contributed by atoms with Gasteiger partial charge in [-0.25, -0.2) is 0 Å².